The summed E-state index contributed by atoms with van der Waals surface area (Å²) in [5.74, 6) is 0.143. The highest BCUT2D eigenvalue weighted by atomic mass is 16.4. The Bertz CT molecular complexity index is 252. The summed E-state index contributed by atoms with van der Waals surface area (Å²) < 4.78 is 0. The topological polar surface area (TPSA) is 52.6 Å². The molecule has 1 aliphatic carbocycles. The Morgan fingerprint density at radius 1 is 1.39 bits per heavy atom. The molecule has 0 aliphatic heterocycles. The molecule has 0 bridgehead atoms. The van der Waals surface area contributed by atoms with E-state index in [0.717, 1.165) is 32.0 Å². The van der Waals surface area contributed by atoms with Crippen molar-refractivity contribution in [3.05, 3.63) is 0 Å². The third-order valence-corrected chi connectivity index (χ3v) is 3.32. The number of rotatable bonds is 10. The number of nitrogens with zero attached hydrogens (tertiary/aromatic N) is 1. The first-order valence-corrected chi connectivity index (χ1v) is 7.24. The average Bonchev–Trinajstić information content (AvgIpc) is 3.07. The molecule has 106 valence electrons. The fourth-order valence-corrected chi connectivity index (χ4v) is 2.27. The van der Waals surface area contributed by atoms with Gasteiger partial charge in [0.05, 0.1) is 0 Å². The van der Waals surface area contributed by atoms with Crippen LogP contribution in [0, 0.1) is 5.92 Å². The van der Waals surface area contributed by atoms with Gasteiger partial charge < -0.3 is 15.3 Å². The molecule has 0 amide bonds. The molecule has 1 unspecified atom stereocenters. The minimum Gasteiger partial charge on any atom is -0.480 e. The van der Waals surface area contributed by atoms with E-state index in [4.69, 9.17) is 0 Å². The predicted molar refractivity (Wildman–Crippen MR) is 73.8 cm³/mol. The van der Waals surface area contributed by atoms with Gasteiger partial charge in [0.1, 0.15) is 6.04 Å². The van der Waals surface area contributed by atoms with Gasteiger partial charge in [-0.25, -0.2) is 0 Å². The molecule has 1 aliphatic rings. The lowest BCUT2D eigenvalue weighted by Gasteiger charge is -2.24. The Hall–Kier alpha value is -0.610. The summed E-state index contributed by atoms with van der Waals surface area (Å²) in [6, 6.07) is -0.197. The number of hydrogen-bond donors (Lipinski definition) is 2. The van der Waals surface area contributed by atoms with Crippen molar-refractivity contribution < 1.29 is 9.90 Å². The lowest BCUT2D eigenvalue weighted by Crippen LogP contribution is -2.43. The van der Waals surface area contributed by atoms with Gasteiger partial charge >= 0.3 is 5.97 Å². The maximum absolute atomic E-state index is 11.2. The Labute approximate surface area is 111 Å². The molecule has 0 heterocycles. The maximum Gasteiger partial charge on any atom is 0.320 e. The molecule has 0 aromatic heterocycles. The van der Waals surface area contributed by atoms with Crippen LogP contribution in [0.4, 0.5) is 0 Å². The first kappa shape index (κ1) is 15.4. The van der Waals surface area contributed by atoms with Crippen LogP contribution in [0.15, 0.2) is 0 Å². The summed E-state index contributed by atoms with van der Waals surface area (Å²) in [4.78, 5) is 13.6. The average molecular weight is 256 g/mol. The lowest BCUT2D eigenvalue weighted by molar-refractivity contribution is -0.140. The van der Waals surface area contributed by atoms with Crippen LogP contribution in [0.25, 0.3) is 0 Å². The van der Waals surface area contributed by atoms with E-state index in [0.29, 0.717) is 6.42 Å². The van der Waals surface area contributed by atoms with Gasteiger partial charge in [0.15, 0.2) is 0 Å². The molecule has 18 heavy (non-hydrogen) atoms. The first-order chi connectivity index (χ1) is 8.52. The number of aliphatic carboxylic acids is 1. The highest BCUT2D eigenvalue weighted by Gasteiger charge is 2.25. The van der Waals surface area contributed by atoms with Crippen LogP contribution in [0.3, 0.4) is 0 Å². The summed E-state index contributed by atoms with van der Waals surface area (Å²) in [6.45, 7) is 9.29. The molecule has 4 nitrogen and oxygen atoms in total. The maximum atomic E-state index is 11.2. The minimum atomic E-state index is -0.730. The van der Waals surface area contributed by atoms with Crippen LogP contribution < -0.4 is 5.32 Å². The van der Waals surface area contributed by atoms with Crippen molar-refractivity contribution >= 4 is 5.97 Å². The van der Waals surface area contributed by atoms with E-state index in [9.17, 15) is 9.90 Å². The molecule has 1 rings (SSSR count). The van der Waals surface area contributed by atoms with Crippen LogP contribution in [-0.2, 0) is 4.79 Å². The number of hydrogen-bond acceptors (Lipinski definition) is 3. The van der Waals surface area contributed by atoms with Crippen LogP contribution >= 0.6 is 0 Å². The fraction of sp³-hybridized carbons (Fsp3) is 0.929. The predicted octanol–water partition coefficient (Wildman–Crippen LogP) is 1.95. The van der Waals surface area contributed by atoms with Gasteiger partial charge in [0, 0.05) is 19.1 Å². The third kappa shape index (κ3) is 6.36. The summed E-state index contributed by atoms with van der Waals surface area (Å²) in [5.41, 5.74) is 0. The van der Waals surface area contributed by atoms with Crippen molar-refractivity contribution in [3.63, 3.8) is 0 Å². The monoisotopic (exact) mass is 256 g/mol. The summed E-state index contributed by atoms with van der Waals surface area (Å²) >= 11 is 0. The van der Waals surface area contributed by atoms with Crippen molar-refractivity contribution in [2.45, 2.75) is 58.5 Å². The molecule has 0 saturated heterocycles. The van der Waals surface area contributed by atoms with Crippen molar-refractivity contribution in [3.8, 4) is 0 Å². The molecule has 0 aromatic carbocycles. The largest absolute Gasteiger partial charge is 0.480 e. The second kappa shape index (κ2) is 7.74. The Balaban J connectivity index is 2.33. The third-order valence-electron chi connectivity index (χ3n) is 3.32. The smallest absolute Gasteiger partial charge is 0.320 e. The molecule has 0 spiro atoms. The second-order valence-electron chi connectivity index (χ2n) is 5.74. The Kier molecular flexibility index (Phi) is 6.65. The zero-order valence-corrected chi connectivity index (χ0v) is 12.0. The quantitative estimate of drug-likeness (QED) is 0.627. The zero-order valence-electron chi connectivity index (χ0n) is 12.0. The van der Waals surface area contributed by atoms with Crippen molar-refractivity contribution in [1.29, 1.82) is 0 Å². The number of nitrogens with one attached hydrogen (secondary N) is 1. The summed E-state index contributed by atoms with van der Waals surface area (Å²) in [5, 5.41) is 12.3. The van der Waals surface area contributed by atoms with E-state index in [1.165, 1.54) is 12.8 Å². The number of carboxylic acids is 1. The second-order valence-corrected chi connectivity index (χ2v) is 5.74. The van der Waals surface area contributed by atoms with E-state index >= 15 is 0 Å². The van der Waals surface area contributed by atoms with Crippen molar-refractivity contribution in [2.24, 2.45) is 5.92 Å². The highest BCUT2D eigenvalue weighted by molar-refractivity contribution is 5.73. The summed E-state index contributed by atoms with van der Waals surface area (Å²) in [6.07, 6.45) is 4.54. The summed E-state index contributed by atoms with van der Waals surface area (Å²) in [7, 11) is 0. The Morgan fingerprint density at radius 3 is 2.50 bits per heavy atom. The normalized spacial score (nSPS) is 17.4. The van der Waals surface area contributed by atoms with Crippen molar-refractivity contribution in [2.75, 3.05) is 19.6 Å². The molecule has 0 aromatic rings. The molecule has 2 N–H and O–H groups in total. The molecule has 0 radical (unpaired) electrons. The van der Waals surface area contributed by atoms with Gasteiger partial charge in [-0.3, -0.25) is 4.79 Å². The molecular weight excluding hydrogens is 228 g/mol. The zero-order chi connectivity index (χ0) is 13.5. The van der Waals surface area contributed by atoms with E-state index < -0.39 is 12.0 Å². The standard InChI is InChI=1S/C14H28N2O2/c1-4-8-16(10-12-5-6-12)9-7-13(14(17)18)15-11(2)3/h11-13,15H,4-10H2,1-3H3,(H,17,18). The van der Waals surface area contributed by atoms with Gasteiger partial charge in [0.2, 0.25) is 0 Å². The van der Waals surface area contributed by atoms with E-state index in [-0.39, 0.29) is 6.04 Å². The van der Waals surface area contributed by atoms with Gasteiger partial charge in [0.25, 0.3) is 0 Å². The van der Waals surface area contributed by atoms with E-state index in [1.807, 2.05) is 13.8 Å². The molecular formula is C14H28N2O2. The van der Waals surface area contributed by atoms with Crippen molar-refractivity contribution in [1.82, 2.24) is 10.2 Å². The molecule has 1 atom stereocenters. The van der Waals surface area contributed by atoms with Gasteiger partial charge in [-0.15, -0.1) is 0 Å². The number of carboxylic acid groups (broad SMARTS) is 1. The first-order valence-electron chi connectivity index (χ1n) is 7.24. The van der Waals surface area contributed by atoms with E-state index in [2.05, 4.69) is 17.1 Å². The van der Waals surface area contributed by atoms with Crippen LogP contribution in [0.5, 0.6) is 0 Å². The molecule has 1 fully saturated rings. The van der Waals surface area contributed by atoms with Crippen LogP contribution in [-0.4, -0.2) is 47.7 Å². The van der Waals surface area contributed by atoms with E-state index in [1.54, 1.807) is 0 Å². The lowest BCUT2D eigenvalue weighted by atomic mass is 10.1. The molecule has 4 heteroatoms. The minimum absolute atomic E-state index is 0.217. The fourth-order valence-electron chi connectivity index (χ4n) is 2.27. The van der Waals surface area contributed by atoms with Crippen LogP contribution in [0.1, 0.15) is 46.5 Å². The van der Waals surface area contributed by atoms with Gasteiger partial charge in [-0.2, -0.15) is 0 Å². The SMILES string of the molecule is CCCN(CCC(NC(C)C)C(=O)O)CC1CC1. The Morgan fingerprint density at radius 2 is 2.06 bits per heavy atom. The van der Waals surface area contributed by atoms with Gasteiger partial charge in [-0.05, 0) is 38.1 Å². The number of carbonyl (C=O) groups is 1. The van der Waals surface area contributed by atoms with Crippen LogP contribution in [0.2, 0.25) is 0 Å². The highest BCUT2D eigenvalue weighted by Crippen LogP contribution is 2.29. The molecule has 1 saturated carbocycles. The van der Waals surface area contributed by atoms with Gasteiger partial charge in [-0.1, -0.05) is 20.8 Å².